The molecule has 0 bridgehead atoms. The van der Waals surface area contributed by atoms with Crippen molar-refractivity contribution in [3.8, 4) is 0 Å². The van der Waals surface area contributed by atoms with E-state index in [4.69, 9.17) is 0 Å². The number of amides is 1. The largest absolute Gasteiger partial charge is 0.352 e. The van der Waals surface area contributed by atoms with E-state index in [1.54, 1.807) is 6.07 Å². The van der Waals surface area contributed by atoms with Gasteiger partial charge in [-0.1, -0.05) is 49.2 Å². The molecule has 0 saturated carbocycles. The molecule has 1 fully saturated rings. The van der Waals surface area contributed by atoms with E-state index in [9.17, 15) is 9.59 Å². The first-order valence-electron chi connectivity index (χ1n) is 11.2. The van der Waals surface area contributed by atoms with Gasteiger partial charge in [0.15, 0.2) is 0 Å². The highest BCUT2D eigenvalue weighted by atomic mass is 16.1. The van der Waals surface area contributed by atoms with Gasteiger partial charge in [0.05, 0.1) is 17.2 Å². The van der Waals surface area contributed by atoms with E-state index < -0.39 is 0 Å². The summed E-state index contributed by atoms with van der Waals surface area (Å²) in [7, 11) is 0. The van der Waals surface area contributed by atoms with E-state index >= 15 is 0 Å². The number of aromatic nitrogens is 2. The van der Waals surface area contributed by atoms with Crippen LogP contribution >= 0.6 is 0 Å². The Morgan fingerprint density at radius 2 is 1.65 bits per heavy atom. The Morgan fingerprint density at radius 1 is 0.935 bits per heavy atom. The van der Waals surface area contributed by atoms with Gasteiger partial charge in [-0.05, 0) is 49.2 Å². The third kappa shape index (κ3) is 5.79. The van der Waals surface area contributed by atoms with Crippen LogP contribution in [0.5, 0.6) is 0 Å². The average molecular weight is 419 g/mol. The summed E-state index contributed by atoms with van der Waals surface area (Å²) < 4.78 is 1.50. The van der Waals surface area contributed by atoms with Crippen molar-refractivity contribution in [2.24, 2.45) is 0 Å². The number of carbonyl (C=O) groups excluding carboxylic acids is 1. The third-order valence-corrected chi connectivity index (χ3v) is 5.93. The van der Waals surface area contributed by atoms with Gasteiger partial charge in [0.1, 0.15) is 0 Å². The molecule has 0 radical (unpaired) electrons. The van der Waals surface area contributed by atoms with Crippen LogP contribution in [0.25, 0.3) is 10.9 Å². The van der Waals surface area contributed by atoms with Gasteiger partial charge in [-0.15, -0.1) is 0 Å². The van der Waals surface area contributed by atoms with Crippen LogP contribution in [0.4, 0.5) is 0 Å². The average Bonchev–Trinajstić information content (AvgIpc) is 3.07. The number of benzene rings is 2. The van der Waals surface area contributed by atoms with Gasteiger partial charge in [0.25, 0.3) is 5.56 Å². The Labute approximate surface area is 182 Å². The molecular weight excluding hydrogens is 388 g/mol. The lowest BCUT2D eigenvalue weighted by atomic mass is 10.1. The number of fused-ring (bicyclic) bond motifs is 1. The maximum Gasteiger partial charge on any atom is 0.261 e. The molecule has 31 heavy (non-hydrogen) atoms. The second-order valence-corrected chi connectivity index (χ2v) is 8.29. The molecule has 1 saturated heterocycles. The highest BCUT2D eigenvalue weighted by Gasteiger charge is 2.10. The number of hydrogen-bond donors (Lipinski definition) is 1. The number of nitrogens with zero attached hydrogens (tertiary/aromatic N) is 3. The first-order chi connectivity index (χ1) is 15.2. The molecule has 0 unspecified atom stereocenters. The molecule has 1 N–H and O–H groups in total. The lowest BCUT2D eigenvalue weighted by Gasteiger charge is -2.19. The quantitative estimate of drug-likeness (QED) is 0.638. The van der Waals surface area contributed by atoms with Crippen molar-refractivity contribution in [2.75, 3.05) is 13.1 Å². The second-order valence-electron chi connectivity index (χ2n) is 8.29. The monoisotopic (exact) mass is 418 g/mol. The van der Waals surface area contributed by atoms with Crippen LogP contribution in [0.1, 0.15) is 43.2 Å². The fourth-order valence-electron chi connectivity index (χ4n) is 4.09. The van der Waals surface area contributed by atoms with Crippen LogP contribution < -0.4 is 10.9 Å². The highest BCUT2D eigenvalue weighted by molar-refractivity contribution is 5.77. The SMILES string of the molecule is O=C(CCn1cnc2ccccc2c1=O)NCc1ccc(CN2CCCCCC2)cc1. The minimum atomic E-state index is -0.113. The third-order valence-electron chi connectivity index (χ3n) is 5.93. The normalized spacial score (nSPS) is 15.0. The molecule has 1 aliphatic rings. The predicted octanol–water partition coefficient (Wildman–Crippen LogP) is 3.48. The van der Waals surface area contributed by atoms with Crippen LogP contribution in [0.15, 0.2) is 59.7 Å². The summed E-state index contributed by atoms with van der Waals surface area (Å²) >= 11 is 0. The Balaban J connectivity index is 1.25. The summed E-state index contributed by atoms with van der Waals surface area (Å²) in [6.07, 6.45) is 7.05. The van der Waals surface area contributed by atoms with Gasteiger partial charge in [0.2, 0.25) is 5.91 Å². The van der Waals surface area contributed by atoms with Gasteiger partial charge in [-0.25, -0.2) is 4.98 Å². The van der Waals surface area contributed by atoms with E-state index in [2.05, 4.69) is 39.5 Å². The first-order valence-corrected chi connectivity index (χ1v) is 11.2. The highest BCUT2D eigenvalue weighted by Crippen LogP contribution is 2.14. The van der Waals surface area contributed by atoms with Crippen LogP contribution in [0.3, 0.4) is 0 Å². The van der Waals surface area contributed by atoms with Crippen LogP contribution in [0, 0.1) is 0 Å². The van der Waals surface area contributed by atoms with Crippen molar-refractivity contribution in [1.29, 1.82) is 0 Å². The Bertz CT molecular complexity index is 1070. The molecule has 0 spiro atoms. The van der Waals surface area contributed by atoms with Crippen molar-refractivity contribution in [2.45, 2.75) is 51.7 Å². The van der Waals surface area contributed by atoms with Gasteiger partial charge in [-0.2, -0.15) is 0 Å². The second kappa shape index (κ2) is 10.4. The molecular formula is C25H30N4O2. The Kier molecular flexibility index (Phi) is 7.10. The standard InChI is InChI=1S/C25H30N4O2/c30-24(13-16-29-19-27-23-8-4-3-7-22(23)25(29)31)26-17-20-9-11-21(12-10-20)18-28-14-5-1-2-6-15-28/h3-4,7-12,19H,1-2,5-6,13-18H2,(H,26,30). The smallest absolute Gasteiger partial charge is 0.261 e. The molecule has 0 atom stereocenters. The molecule has 2 heterocycles. The van der Waals surface area contributed by atoms with Crippen LogP contribution in [-0.2, 0) is 24.4 Å². The number of aryl methyl sites for hydroxylation is 1. The van der Waals surface area contributed by atoms with E-state index in [1.807, 2.05) is 18.2 Å². The fourth-order valence-corrected chi connectivity index (χ4v) is 4.09. The first kappa shape index (κ1) is 21.2. The van der Waals surface area contributed by atoms with Gasteiger partial charge < -0.3 is 5.32 Å². The molecule has 4 rings (SSSR count). The zero-order valence-corrected chi connectivity index (χ0v) is 17.9. The lowest BCUT2D eigenvalue weighted by molar-refractivity contribution is -0.121. The Hall–Kier alpha value is -2.99. The van der Waals surface area contributed by atoms with E-state index in [0.29, 0.717) is 24.0 Å². The van der Waals surface area contributed by atoms with Crippen molar-refractivity contribution >= 4 is 16.8 Å². The van der Waals surface area contributed by atoms with Crippen LogP contribution in [0.2, 0.25) is 0 Å². The fraction of sp³-hybridized carbons (Fsp3) is 0.400. The van der Waals surface area contributed by atoms with Gasteiger partial charge in [0, 0.05) is 26.1 Å². The molecule has 1 aromatic heterocycles. The number of carbonyl (C=O) groups is 1. The summed E-state index contributed by atoms with van der Waals surface area (Å²) in [5.41, 5.74) is 2.96. The van der Waals surface area contributed by atoms with Gasteiger partial charge >= 0.3 is 0 Å². The van der Waals surface area contributed by atoms with E-state index in [1.165, 1.54) is 55.2 Å². The van der Waals surface area contributed by atoms with Crippen molar-refractivity contribution in [3.63, 3.8) is 0 Å². The van der Waals surface area contributed by atoms with Crippen molar-refractivity contribution in [3.05, 3.63) is 76.3 Å². The van der Waals surface area contributed by atoms with Crippen molar-refractivity contribution < 1.29 is 4.79 Å². The molecule has 0 aliphatic carbocycles. The molecule has 1 aliphatic heterocycles. The zero-order valence-electron chi connectivity index (χ0n) is 17.9. The Morgan fingerprint density at radius 3 is 2.42 bits per heavy atom. The lowest BCUT2D eigenvalue weighted by Crippen LogP contribution is -2.27. The minimum Gasteiger partial charge on any atom is -0.352 e. The van der Waals surface area contributed by atoms with E-state index in [0.717, 1.165) is 12.1 Å². The molecule has 2 aromatic carbocycles. The number of nitrogens with one attached hydrogen (secondary N) is 1. The number of para-hydroxylation sites is 1. The summed E-state index contributed by atoms with van der Waals surface area (Å²) in [6, 6.07) is 15.7. The predicted molar refractivity (Wildman–Crippen MR) is 123 cm³/mol. The van der Waals surface area contributed by atoms with Crippen molar-refractivity contribution in [1.82, 2.24) is 19.8 Å². The maximum atomic E-state index is 12.5. The molecule has 6 heteroatoms. The number of hydrogen-bond acceptors (Lipinski definition) is 4. The summed E-state index contributed by atoms with van der Waals surface area (Å²) in [5, 5.41) is 3.52. The molecule has 162 valence electrons. The summed E-state index contributed by atoms with van der Waals surface area (Å²) in [5.74, 6) is -0.0753. The van der Waals surface area contributed by atoms with E-state index in [-0.39, 0.29) is 17.9 Å². The molecule has 6 nitrogen and oxygen atoms in total. The molecule has 1 amide bonds. The minimum absolute atomic E-state index is 0.0753. The summed E-state index contributed by atoms with van der Waals surface area (Å²) in [6.45, 7) is 4.19. The summed E-state index contributed by atoms with van der Waals surface area (Å²) in [4.78, 5) is 31.6. The number of likely N-dealkylation sites (tertiary alicyclic amines) is 1. The van der Waals surface area contributed by atoms with Gasteiger partial charge in [-0.3, -0.25) is 19.1 Å². The number of rotatable bonds is 7. The topological polar surface area (TPSA) is 67.2 Å². The molecule has 3 aromatic rings. The zero-order chi connectivity index (χ0) is 21.5. The van der Waals surface area contributed by atoms with Crippen LogP contribution in [-0.4, -0.2) is 33.4 Å². The maximum absolute atomic E-state index is 12.5.